The van der Waals surface area contributed by atoms with Gasteiger partial charge in [-0.25, -0.2) is 18.4 Å². The SMILES string of the molecule is O=C(NC1C2CC3CC1CC(O)(C3)C2)c1cnc(N2CC3CC2CS3(=O)=O)nc1C1CC1. The van der Waals surface area contributed by atoms with Gasteiger partial charge in [-0.2, -0.15) is 0 Å². The summed E-state index contributed by atoms with van der Waals surface area (Å²) < 4.78 is 24.2. The van der Waals surface area contributed by atoms with Crippen molar-refractivity contribution in [2.45, 2.75) is 80.2 Å². The van der Waals surface area contributed by atoms with Crippen molar-refractivity contribution in [3.63, 3.8) is 0 Å². The lowest BCUT2D eigenvalue weighted by molar-refractivity contribution is -0.136. The van der Waals surface area contributed by atoms with Crippen molar-refractivity contribution >= 4 is 21.7 Å². The molecule has 3 heterocycles. The Labute approximate surface area is 188 Å². The van der Waals surface area contributed by atoms with Crippen molar-refractivity contribution in [3.05, 3.63) is 17.5 Å². The predicted octanol–water partition coefficient (Wildman–Crippen LogP) is 1.40. The number of amides is 1. The van der Waals surface area contributed by atoms with Crippen LogP contribution in [0.5, 0.6) is 0 Å². The number of carbonyl (C=O) groups is 1. The van der Waals surface area contributed by atoms with Gasteiger partial charge in [-0.15, -0.1) is 0 Å². The Morgan fingerprint density at radius 1 is 1.16 bits per heavy atom. The van der Waals surface area contributed by atoms with Crippen LogP contribution in [0, 0.1) is 17.8 Å². The summed E-state index contributed by atoms with van der Waals surface area (Å²) in [4.78, 5) is 24.7. The molecule has 4 atom stereocenters. The lowest BCUT2D eigenvalue weighted by atomic mass is 9.52. The number of nitrogens with one attached hydrogen (secondary N) is 1. The van der Waals surface area contributed by atoms with Crippen LogP contribution in [-0.2, 0) is 9.84 Å². The van der Waals surface area contributed by atoms with E-state index < -0.39 is 15.4 Å². The van der Waals surface area contributed by atoms with Gasteiger partial charge < -0.3 is 15.3 Å². The molecule has 0 aromatic carbocycles. The maximum atomic E-state index is 13.4. The van der Waals surface area contributed by atoms with Crippen LogP contribution in [-0.4, -0.2) is 64.6 Å². The first-order chi connectivity index (χ1) is 15.3. The molecular formula is C23H30N4O4S. The minimum atomic E-state index is -2.97. The zero-order valence-electron chi connectivity index (χ0n) is 18.1. The fourth-order valence-corrected chi connectivity index (χ4v) is 9.78. The molecule has 2 saturated heterocycles. The highest BCUT2D eigenvalue weighted by molar-refractivity contribution is 7.92. The highest BCUT2D eigenvalue weighted by atomic mass is 32.2. The first-order valence-electron chi connectivity index (χ1n) is 12.2. The van der Waals surface area contributed by atoms with Gasteiger partial charge in [-0.1, -0.05) is 0 Å². The molecule has 7 aliphatic rings. The smallest absolute Gasteiger partial charge is 0.254 e. The first-order valence-corrected chi connectivity index (χ1v) is 13.9. The van der Waals surface area contributed by atoms with Crippen LogP contribution in [0.3, 0.4) is 0 Å². The van der Waals surface area contributed by atoms with Gasteiger partial charge >= 0.3 is 0 Å². The molecule has 5 aliphatic carbocycles. The maximum Gasteiger partial charge on any atom is 0.254 e. The molecule has 4 unspecified atom stereocenters. The lowest BCUT2D eigenvalue weighted by Gasteiger charge is -2.58. The quantitative estimate of drug-likeness (QED) is 0.701. The van der Waals surface area contributed by atoms with Crippen molar-refractivity contribution in [2.75, 3.05) is 17.2 Å². The van der Waals surface area contributed by atoms with Gasteiger partial charge in [0.15, 0.2) is 9.84 Å². The van der Waals surface area contributed by atoms with Gasteiger partial charge in [0.1, 0.15) is 0 Å². The fraction of sp³-hybridized carbons (Fsp3) is 0.783. The van der Waals surface area contributed by atoms with E-state index in [2.05, 4.69) is 10.3 Å². The van der Waals surface area contributed by atoms with Gasteiger partial charge in [-0.05, 0) is 69.1 Å². The minimum Gasteiger partial charge on any atom is -0.390 e. The summed E-state index contributed by atoms with van der Waals surface area (Å²) in [6.07, 6.45) is 9.12. The number of hydrogen-bond acceptors (Lipinski definition) is 7. The van der Waals surface area contributed by atoms with Crippen LogP contribution in [0.1, 0.15) is 73.3 Å². The molecule has 6 bridgehead atoms. The van der Waals surface area contributed by atoms with Crippen molar-refractivity contribution in [1.82, 2.24) is 15.3 Å². The average molecular weight is 459 g/mol. The molecule has 0 radical (unpaired) electrons. The molecule has 2 N–H and O–H groups in total. The van der Waals surface area contributed by atoms with E-state index in [4.69, 9.17) is 4.98 Å². The van der Waals surface area contributed by atoms with Gasteiger partial charge in [-0.3, -0.25) is 4.79 Å². The third-order valence-corrected chi connectivity index (χ3v) is 11.3. The summed E-state index contributed by atoms with van der Waals surface area (Å²) in [5, 5.41) is 13.8. The van der Waals surface area contributed by atoms with E-state index in [1.807, 2.05) is 4.90 Å². The van der Waals surface area contributed by atoms with E-state index in [-0.39, 0.29) is 29.0 Å². The topological polar surface area (TPSA) is 112 Å². The second kappa shape index (κ2) is 6.44. The highest BCUT2D eigenvalue weighted by Gasteiger charge is 2.55. The predicted molar refractivity (Wildman–Crippen MR) is 117 cm³/mol. The number of fused-ring (bicyclic) bond motifs is 2. The molecule has 1 amide bonds. The Morgan fingerprint density at radius 2 is 1.91 bits per heavy atom. The number of carbonyl (C=O) groups excluding carboxylic acids is 1. The summed E-state index contributed by atoms with van der Waals surface area (Å²) >= 11 is 0. The van der Waals surface area contributed by atoms with Crippen LogP contribution < -0.4 is 10.2 Å². The molecule has 9 heteroatoms. The molecule has 172 valence electrons. The fourth-order valence-electron chi connectivity index (χ4n) is 7.75. The number of aromatic nitrogens is 2. The zero-order valence-corrected chi connectivity index (χ0v) is 18.9. The van der Waals surface area contributed by atoms with Crippen molar-refractivity contribution in [3.8, 4) is 0 Å². The average Bonchev–Trinajstić information content (AvgIpc) is 3.42. The number of aliphatic hydroxyl groups is 1. The Bertz CT molecular complexity index is 1090. The molecule has 0 spiro atoms. The zero-order chi connectivity index (χ0) is 21.8. The number of sulfone groups is 1. The third kappa shape index (κ3) is 2.96. The molecule has 32 heavy (non-hydrogen) atoms. The van der Waals surface area contributed by atoms with Crippen molar-refractivity contribution < 1.29 is 18.3 Å². The number of nitrogens with zero attached hydrogens (tertiary/aromatic N) is 3. The summed E-state index contributed by atoms with van der Waals surface area (Å²) in [5.74, 6) is 2.29. The summed E-state index contributed by atoms with van der Waals surface area (Å²) in [6.45, 7) is 0.457. The largest absolute Gasteiger partial charge is 0.390 e. The Balaban J connectivity index is 1.13. The highest BCUT2D eigenvalue weighted by Crippen LogP contribution is 2.55. The van der Waals surface area contributed by atoms with E-state index in [0.29, 0.717) is 48.1 Å². The van der Waals surface area contributed by atoms with Crippen LogP contribution in [0.25, 0.3) is 0 Å². The molecule has 7 fully saturated rings. The number of hydrogen-bond donors (Lipinski definition) is 2. The van der Waals surface area contributed by atoms with Gasteiger partial charge in [0.2, 0.25) is 5.95 Å². The van der Waals surface area contributed by atoms with Crippen LogP contribution >= 0.6 is 0 Å². The summed E-state index contributed by atoms with van der Waals surface area (Å²) in [5.41, 5.74) is 0.880. The van der Waals surface area contributed by atoms with Gasteiger partial charge in [0, 0.05) is 30.7 Å². The van der Waals surface area contributed by atoms with Crippen LogP contribution in [0.2, 0.25) is 0 Å². The normalized spacial score (nSPS) is 43.1. The van der Waals surface area contributed by atoms with Crippen LogP contribution in [0.15, 0.2) is 6.20 Å². The molecule has 8 nitrogen and oxygen atoms in total. The van der Waals surface area contributed by atoms with E-state index in [9.17, 15) is 18.3 Å². The minimum absolute atomic E-state index is 0.0458. The molecule has 8 rings (SSSR count). The molecule has 5 saturated carbocycles. The molecule has 1 aromatic rings. The second-order valence-corrected chi connectivity index (χ2v) is 13.8. The van der Waals surface area contributed by atoms with E-state index >= 15 is 0 Å². The lowest BCUT2D eigenvalue weighted by Crippen LogP contribution is -2.61. The van der Waals surface area contributed by atoms with Gasteiger partial charge in [0.25, 0.3) is 5.91 Å². The standard InChI is InChI=1S/C23H30N4O4S/c28-21(25-19-14-3-12-4-15(19)8-23(29,6-12)7-14)18-9-24-22(26-20(18)13-1-2-13)27-10-17-5-16(27)11-32(17,30)31/h9,12-17,19,29H,1-8,10-11H2,(H,25,28). The number of anilines is 1. The van der Waals surface area contributed by atoms with Gasteiger partial charge in [0.05, 0.1) is 27.9 Å². The van der Waals surface area contributed by atoms with E-state index in [1.165, 1.54) is 0 Å². The number of rotatable bonds is 4. The van der Waals surface area contributed by atoms with E-state index in [1.54, 1.807) is 6.20 Å². The van der Waals surface area contributed by atoms with Crippen molar-refractivity contribution in [2.24, 2.45) is 17.8 Å². The first kappa shape index (κ1) is 19.7. The molecule has 1 aromatic heterocycles. The third-order valence-electron chi connectivity index (χ3n) is 9.12. The maximum absolute atomic E-state index is 13.4. The summed E-state index contributed by atoms with van der Waals surface area (Å²) in [7, 11) is -2.97. The van der Waals surface area contributed by atoms with Crippen molar-refractivity contribution in [1.29, 1.82) is 0 Å². The molecule has 2 aliphatic heterocycles. The Kier molecular flexibility index (Phi) is 3.96. The monoisotopic (exact) mass is 458 g/mol. The van der Waals surface area contributed by atoms with Crippen LogP contribution in [0.4, 0.5) is 5.95 Å². The van der Waals surface area contributed by atoms with E-state index in [0.717, 1.165) is 50.6 Å². The Hall–Kier alpha value is -1.74. The second-order valence-electron chi connectivity index (χ2n) is 11.4. The Morgan fingerprint density at radius 3 is 2.50 bits per heavy atom. The summed E-state index contributed by atoms with van der Waals surface area (Å²) in [6, 6.07) is 0.0844. The molecular weight excluding hydrogens is 428 g/mol.